The lowest BCUT2D eigenvalue weighted by Gasteiger charge is -2.18. The fourth-order valence-corrected chi connectivity index (χ4v) is 3.89. The SMILES string of the molecule is CCOC(=O)c1sc(NC(=O)c2ccc3c(c2)OCCO3)c(C(=O)OCC)c1C. The summed E-state index contributed by atoms with van der Waals surface area (Å²) in [6, 6.07) is 4.82. The van der Waals surface area contributed by atoms with E-state index in [1.54, 1.807) is 39.0 Å². The van der Waals surface area contributed by atoms with Crippen LogP contribution in [0.4, 0.5) is 5.00 Å². The van der Waals surface area contributed by atoms with Crippen molar-refractivity contribution in [3.8, 4) is 11.5 Å². The number of carbonyl (C=O) groups excluding carboxylic acids is 3. The van der Waals surface area contributed by atoms with Gasteiger partial charge in [-0.15, -0.1) is 11.3 Å². The molecule has 2 aromatic rings. The molecule has 9 heteroatoms. The van der Waals surface area contributed by atoms with Crippen molar-refractivity contribution in [2.24, 2.45) is 0 Å². The van der Waals surface area contributed by atoms with Gasteiger partial charge in [0.1, 0.15) is 23.1 Å². The molecule has 3 rings (SSSR count). The molecule has 154 valence electrons. The van der Waals surface area contributed by atoms with E-state index in [0.29, 0.717) is 35.8 Å². The van der Waals surface area contributed by atoms with Gasteiger partial charge in [-0.25, -0.2) is 9.59 Å². The normalized spacial score (nSPS) is 12.2. The van der Waals surface area contributed by atoms with E-state index in [4.69, 9.17) is 18.9 Å². The van der Waals surface area contributed by atoms with Crippen molar-refractivity contribution in [3.05, 3.63) is 39.8 Å². The molecule has 29 heavy (non-hydrogen) atoms. The predicted molar refractivity (Wildman–Crippen MR) is 106 cm³/mol. The molecule has 8 nitrogen and oxygen atoms in total. The molecule has 1 aromatic heterocycles. The van der Waals surface area contributed by atoms with E-state index < -0.39 is 17.8 Å². The van der Waals surface area contributed by atoms with E-state index >= 15 is 0 Å². The molecule has 1 amide bonds. The Hall–Kier alpha value is -3.07. The lowest BCUT2D eigenvalue weighted by molar-refractivity contribution is 0.0527. The number of rotatable bonds is 6. The van der Waals surface area contributed by atoms with Crippen LogP contribution in [0.5, 0.6) is 11.5 Å². The topological polar surface area (TPSA) is 100 Å². The minimum Gasteiger partial charge on any atom is -0.486 e. The monoisotopic (exact) mass is 419 g/mol. The number of hydrogen-bond acceptors (Lipinski definition) is 8. The second kappa shape index (κ2) is 8.95. The smallest absolute Gasteiger partial charge is 0.348 e. The lowest BCUT2D eigenvalue weighted by atomic mass is 10.1. The van der Waals surface area contributed by atoms with Crippen LogP contribution in [0, 0.1) is 6.92 Å². The molecule has 1 aliphatic rings. The van der Waals surface area contributed by atoms with Crippen LogP contribution in [-0.2, 0) is 9.47 Å². The van der Waals surface area contributed by atoms with Crippen molar-refractivity contribution in [1.29, 1.82) is 0 Å². The summed E-state index contributed by atoms with van der Waals surface area (Å²) in [5.74, 6) is -0.584. The second-order valence-electron chi connectivity index (χ2n) is 6.01. The van der Waals surface area contributed by atoms with Gasteiger partial charge < -0.3 is 24.3 Å². The predicted octanol–water partition coefficient (Wildman–Crippen LogP) is 3.43. The molecule has 0 unspecified atom stereocenters. The fourth-order valence-electron chi connectivity index (χ4n) is 2.80. The zero-order valence-electron chi connectivity index (χ0n) is 16.3. The van der Waals surface area contributed by atoms with Crippen molar-refractivity contribution in [2.75, 3.05) is 31.7 Å². The van der Waals surface area contributed by atoms with Crippen LogP contribution in [0.1, 0.15) is 49.8 Å². The van der Waals surface area contributed by atoms with Crippen LogP contribution in [-0.4, -0.2) is 44.3 Å². The number of fused-ring (bicyclic) bond motifs is 1. The van der Waals surface area contributed by atoms with E-state index in [1.165, 1.54) is 0 Å². The maximum absolute atomic E-state index is 12.8. The number of carbonyl (C=O) groups is 3. The van der Waals surface area contributed by atoms with Crippen LogP contribution in [0.3, 0.4) is 0 Å². The van der Waals surface area contributed by atoms with Gasteiger partial charge >= 0.3 is 11.9 Å². The quantitative estimate of drug-likeness (QED) is 0.716. The molecule has 0 spiro atoms. The Morgan fingerprint density at radius 3 is 2.38 bits per heavy atom. The largest absolute Gasteiger partial charge is 0.486 e. The molecule has 0 saturated heterocycles. The molecule has 0 saturated carbocycles. The number of nitrogens with one attached hydrogen (secondary N) is 1. The first-order valence-corrected chi connectivity index (χ1v) is 9.96. The number of hydrogen-bond donors (Lipinski definition) is 1. The van der Waals surface area contributed by atoms with Gasteiger partial charge in [-0.1, -0.05) is 0 Å². The van der Waals surface area contributed by atoms with E-state index in [0.717, 1.165) is 11.3 Å². The van der Waals surface area contributed by atoms with Crippen LogP contribution in [0.2, 0.25) is 0 Å². The highest BCUT2D eigenvalue weighted by Crippen LogP contribution is 2.35. The van der Waals surface area contributed by atoms with Crippen molar-refractivity contribution in [1.82, 2.24) is 0 Å². The van der Waals surface area contributed by atoms with E-state index in [1.807, 2.05) is 0 Å². The summed E-state index contributed by atoms with van der Waals surface area (Å²) in [7, 11) is 0. The highest BCUT2D eigenvalue weighted by Gasteiger charge is 2.27. The van der Waals surface area contributed by atoms with Crippen molar-refractivity contribution in [3.63, 3.8) is 0 Å². The Morgan fingerprint density at radius 2 is 1.69 bits per heavy atom. The number of benzene rings is 1. The van der Waals surface area contributed by atoms with Gasteiger partial charge in [0, 0.05) is 5.56 Å². The van der Waals surface area contributed by atoms with Gasteiger partial charge in [-0.05, 0) is 44.5 Å². The summed E-state index contributed by atoms with van der Waals surface area (Å²) >= 11 is 0.977. The molecular weight excluding hydrogens is 398 g/mol. The first kappa shape index (κ1) is 20.7. The number of thiophene rings is 1. The lowest BCUT2D eigenvalue weighted by Crippen LogP contribution is -2.18. The molecule has 1 aromatic carbocycles. The fraction of sp³-hybridized carbons (Fsp3) is 0.350. The van der Waals surface area contributed by atoms with Crippen molar-refractivity contribution in [2.45, 2.75) is 20.8 Å². The Balaban J connectivity index is 1.92. The summed E-state index contributed by atoms with van der Waals surface area (Å²) in [6.45, 7) is 6.21. The third-order valence-electron chi connectivity index (χ3n) is 4.12. The first-order chi connectivity index (χ1) is 14.0. The Bertz CT molecular complexity index is 951. The van der Waals surface area contributed by atoms with Crippen LogP contribution < -0.4 is 14.8 Å². The van der Waals surface area contributed by atoms with Crippen LogP contribution in [0.25, 0.3) is 0 Å². The van der Waals surface area contributed by atoms with E-state index in [2.05, 4.69) is 5.32 Å². The number of ether oxygens (including phenoxy) is 4. The van der Waals surface area contributed by atoms with Gasteiger partial charge in [0.05, 0.1) is 18.8 Å². The highest BCUT2D eigenvalue weighted by molar-refractivity contribution is 7.18. The molecule has 2 heterocycles. The minimum absolute atomic E-state index is 0.144. The molecule has 1 aliphatic heterocycles. The Kier molecular flexibility index (Phi) is 6.38. The molecule has 0 fully saturated rings. The zero-order chi connectivity index (χ0) is 21.0. The van der Waals surface area contributed by atoms with Crippen LogP contribution >= 0.6 is 11.3 Å². The molecule has 0 bridgehead atoms. The maximum atomic E-state index is 12.8. The van der Waals surface area contributed by atoms with Gasteiger partial charge in [-0.3, -0.25) is 4.79 Å². The Morgan fingerprint density at radius 1 is 1.03 bits per heavy atom. The van der Waals surface area contributed by atoms with Crippen molar-refractivity contribution >= 4 is 34.2 Å². The molecule has 0 radical (unpaired) electrons. The third-order valence-corrected chi connectivity index (χ3v) is 5.31. The van der Waals surface area contributed by atoms with Gasteiger partial charge in [0.25, 0.3) is 5.91 Å². The summed E-state index contributed by atoms with van der Waals surface area (Å²) in [5.41, 5.74) is 0.878. The summed E-state index contributed by atoms with van der Waals surface area (Å²) in [5, 5.41) is 2.93. The highest BCUT2D eigenvalue weighted by atomic mass is 32.1. The van der Waals surface area contributed by atoms with E-state index in [-0.39, 0.29) is 28.7 Å². The van der Waals surface area contributed by atoms with Gasteiger partial charge in [-0.2, -0.15) is 0 Å². The first-order valence-electron chi connectivity index (χ1n) is 9.14. The Labute approximate surface area is 171 Å². The third kappa shape index (κ3) is 4.34. The summed E-state index contributed by atoms with van der Waals surface area (Å²) in [4.78, 5) is 37.7. The number of anilines is 1. The molecule has 1 N–H and O–H groups in total. The summed E-state index contributed by atoms with van der Waals surface area (Å²) in [6.07, 6.45) is 0. The van der Waals surface area contributed by atoms with Crippen molar-refractivity contribution < 1.29 is 33.3 Å². The molecular formula is C20H21NO7S. The standard InChI is InChI=1S/C20H21NO7S/c1-4-25-19(23)15-11(3)16(20(24)26-5-2)29-18(15)21-17(22)12-6-7-13-14(10-12)28-9-8-27-13/h6-7,10H,4-5,8-9H2,1-3H3,(H,21,22). The molecule has 0 atom stereocenters. The molecule has 0 aliphatic carbocycles. The second-order valence-corrected chi connectivity index (χ2v) is 7.03. The van der Waals surface area contributed by atoms with Gasteiger partial charge in [0.15, 0.2) is 11.5 Å². The zero-order valence-corrected chi connectivity index (χ0v) is 17.1. The van der Waals surface area contributed by atoms with Gasteiger partial charge in [0.2, 0.25) is 0 Å². The van der Waals surface area contributed by atoms with Crippen LogP contribution in [0.15, 0.2) is 18.2 Å². The summed E-state index contributed by atoms with van der Waals surface area (Å²) < 4.78 is 21.1. The maximum Gasteiger partial charge on any atom is 0.348 e. The number of esters is 2. The average Bonchev–Trinajstić information content (AvgIpc) is 3.04. The minimum atomic E-state index is -0.616. The number of amides is 1. The van der Waals surface area contributed by atoms with E-state index in [9.17, 15) is 14.4 Å². The average molecular weight is 419 g/mol.